The van der Waals surface area contributed by atoms with E-state index in [1.807, 2.05) is 44.2 Å². The van der Waals surface area contributed by atoms with Crippen molar-refractivity contribution in [3.8, 4) is 11.5 Å². The Bertz CT molecular complexity index is 707. The molecule has 1 aliphatic rings. The maximum Gasteiger partial charge on any atom is 0.251 e. The molecular formula is C19H21NO3. The molecule has 0 unspecified atom stereocenters. The van der Waals surface area contributed by atoms with E-state index in [0.29, 0.717) is 31.1 Å². The zero-order chi connectivity index (χ0) is 16.2. The summed E-state index contributed by atoms with van der Waals surface area (Å²) in [6.45, 7) is 5.72. The zero-order valence-corrected chi connectivity index (χ0v) is 13.5. The van der Waals surface area contributed by atoms with Crippen LogP contribution in [0.1, 0.15) is 33.5 Å². The number of carbonyl (C=O) groups excluding carboxylic acids is 1. The molecule has 4 heteroatoms. The number of benzene rings is 2. The van der Waals surface area contributed by atoms with Gasteiger partial charge in [-0.3, -0.25) is 4.79 Å². The number of fused-ring (bicyclic) bond motifs is 1. The highest BCUT2D eigenvalue weighted by molar-refractivity contribution is 5.96. The monoisotopic (exact) mass is 311 g/mol. The van der Waals surface area contributed by atoms with Crippen molar-refractivity contribution in [3.05, 3.63) is 58.7 Å². The number of aryl methyl sites for hydroxylation is 2. The number of hydrogen-bond acceptors (Lipinski definition) is 3. The van der Waals surface area contributed by atoms with Gasteiger partial charge in [-0.1, -0.05) is 29.8 Å². The molecule has 3 rings (SSSR count). The second-order valence-electron chi connectivity index (χ2n) is 5.83. The maximum atomic E-state index is 12.5. The molecule has 4 nitrogen and oxygen atoms in total. The van der Waals surface area contributed by atoms with Gasteiger partial charge in [0.1, 0.15) is 0 Å². The van der Waals surface area contributed by atoms with Crippen LogP contribution in [-0.4, -0.2) is 19.1 Å². The van der Waals surface area contributed by atoms with Crippen molar-refractivity contribution in [3.63, 3.8) is 0 Å². The summed E-state index contributed by atoms with van der Waals surface area (Å²) >= 11 is 0. The van der Waals surface area contributed by atoms with E-state index in [1.165, 1.54) is 5.56 Å². The van der Waals surface area contributed by atoms with Crippen LogP contribution in [0.15, 0.2) is 36.4 Å². The molecule has 1 heterocycles. The first-order valence-electron chi connectivity index (χ1n) is 7.87. The van der Waals surface area contributed by atoms with Gasteiger partial charge in [0.2, 0.25) is 0 Å². The lowest BCUT2D eigenvalue weighted by molar-refractivity contribution is 0.0950. The summed E-state index contributed by atoms with van der Waals surface area (Å²) in [5, 5.41) is 2.96. The summed E-state index contributed by atoms with van der Waals surface area (Å²) in [4.78, 5) is 12.5. The van der Waals surface area contributed by atoms with Crippen LogP contribution in [0.3, 0.4) is 0 Å². The minimum atomic E-state index is -0.0984. The van der Waals surface area contributed by atoms with Crippen molar-refractivity contribution >= 4 is 5.91 Å². The Morgan fingerprint density at radius 1 is 1.04 bits per heavy atom. The molecule has 1 N–H and O–H groups in total. The second-order valence-corrected chi connectivity index (χ2v) is 5.83. The van der Waals surface area contributed by atoms with Gasteiger partial charge in [-0.15, -0.1) is 0 Å². The summed E-state index contributed by atoms with van der Waals surface area (Å²) in [6, 6.07) is 11.8. The molecule has 120 valence electrons. The number of carbonyl (C=O) groups is 1. The lowest BCUT2D eigenvalue weighted by Gasteiger charge is -2.13. The van der Waals surface area contributed by atoms with E-state index in [2.05, 4.69) is 5.32 Å². The second kappa shape index (κ2) is 6.73. The third-order valence-electron chi connectivity index (χ3n) is 3.91. The molecule has 23 heavy (non-hydrogen) atoms. The van der Waals surface area contributed by atoms with Crippen molar-refractivity contribution in [2.75, 3.05) is 13.2 Å². The molecule has 2 aromatic carbocycles. The molecule has 0 fully saturated rings. The van der Waals surface area contributed by atoms with Gasteiger partial charge >= 0.3 is 0 Å². The fourth-order valence-electron chi connectivity index (χ4n) is 2.54. The normalized spacial score (nSPS) is 13.3. The molecule has 2 aromatic rings. The summed E-state index contributed by atoms with van der Waals surface area (Å²) in [5.74, 6) is 1.27. The Morgan fingerprint density at radius 3 is 2.39 bits per heavy atom. The Kier molecular flexibility index (Phi) is 4.51. The Morgan fingerprint density at radius 2 is 1.70 bits per heavy atom. The standard InChI is InChI=1S/C19H21NO3/c1-13-4-6-15(7-5-13)12-20-19(21)16-11-18-17(10-14(16)2)22-8-3-9-23-18/h4-7,10-11H,3,8-9,12H2,1-2H3,(H,20,21). The van der Waals surface area contributed by atoms with Crippen LogP contribution in [-0.2, 0) is 6.54 Å². The first kappa shape index (κ1) is 15.4. The summed E-state index contributed by atoms with van der Waals surface area (Å²) in [6.07, 6.45) is 0.850. The van der Waals surface area contributed by atoms with E-state index >= 15 is 0 Å². The van der Waals surface area contributed by atoms with Crippen LogP contribution >= 0.6 is 0 Å². The summed E-state index contributed by atoms with van der Waals surface area (Å²) in [5.41, 5.74) is 3.80. The lowest BCUT2D eigenvalue weighted by Crippen LogP contribution is -2.23. The SMILES string of the molecule is Cc1ccc(CNC(=O)c2cc3c(cc2C)OCCCO3)cc1. The topological polar surface area (TPSA) is 47.6 Å². The van der Waals surface area contributed by atoms with E-state index in [0.717, 1.165) is 23.3 Å². The van der Waals surface area contributed by atoms with Crippen LogP contribution in [0.4, 0.5) is 0 Å². The number of rotatable bonds is 3. The van der Waals surface area contributed by atoms with Crippen molar-refractivity contribution in [2.45, 2.75) is 26.8 Å². The number of nitrogens with one attached hydrogen (secondary N) is 1. The Balaban J connectivity index is 1.74. The molecule has 0 spiro atoms. The predicted octanol–water partition coefficient (Wildman–Crippen LogP) is 3.39. The van der Waals surface area contributed by atoms with Crippen molar-refractivity contribution in [1.82, 2.24) is 5.32 Å². The van der Waals surface area contributed by atoms with Crippen LogP contribution in [0, 0.1) is 13.8 Å². The molecule has 0 radical (unpaired) electrons. The zero-order valence-electron chi connectivity index (χ0n) is 13.5. The Labute approximate surface area is 136 Å². The van der Waals surface area contributed by atoms with Crippen LogP contribution in [0.2, 0.25) is 0 Å². The third-order valence-corrected chi connectivity index (χ3v) is 3.91. The average molecular weight is 311 g/mol. The third kappa shape index (κ3) is 3.65. The molecule has 0 aromatic heterocycles. The van der Waals surface area contributed by atoms with E-state index in [-0.39, 0.29) is 5.91 Å². The summed E-state index contributed by atoms with van der Waals surface area (Å²) in [7, 11) is 0. The molecular weight excluding hydrogens is 290 g/mol. The lowest BCUT2D eigenvalue weighted by atomic mass is 10.1. The number of hydrogen-bond donors (Lipinski definition) is 1. The van der Waals surface area contributed by atoms with E-state index in [1.54, 1.807) is 6.07 Å². The van der Waals surface area contributed by atoms with Crippen LogP contribution in [0.25, 0.3) is 0 Å². The van der Waals surface area contributed by atoms with E-state index < -0.39 is 0 Å². The summed E-state index contributed by atoms with van der Waals surface area (Å²) < 4.78 is 11.3. The predicted molar refractivity (Wildman–Crippen MR) is 89.1 cm³/mol. The van der Waals surface area contributed by atoms with Crippen molar-refractivity contribution in [2.24, 2.45) is 0 Å². The molecule has 1 aliphatic heterocycles. The molecule has 0 aliphatic carbocycles. The van der Waals surface area contributed by atoms with Crippen molar-refractivity contribution in [1.29, 1.82) is 0 Å². The molecule has 0 saturated carbocycles. The van der Waals surface area contributed by atoms with Crippen LogP contribution in [0.5, 0.6) is 11.5 Å². The minimum absolute atomic E-state index is 0.0984. The number of ether oxygens (including phenoxy) is 2. The van der Waals surface area contributed by atoms with E-state index in [4.69, 9.17) is 9.47 Å². The van der Waals surface area contributed by atoms with Gasteiger partial charge < -0.3 is 14.8 Å². The van der Waals surface area contributed by atoms with Gasteiger partial charge in [-0.2, -0.15) is 0 Å². The van der Waals surface area contributed by atoms with Gasteiger partial charge in [0, 0.05) is 18.5 Å². The van der Waals surface area contributed by atoms with Gasteiger partial charge in [0.15, 0.2) is 11.5 Å². The smallest absolute Gasteiger partial charge is 0.251 e. The van der Waals surface area contributed by atoms with Gasteiger partial charge in [-0.05, 0) is 37.1 Å². The van der Waals surface area contributed by atoms with E-state index in [9.17, 15) is 4.79 Å². The minimum Gasteiger partial charge on any atom is -0.490 e. The number of amides is 1. The molecule has 0 saturated heterocycles. The highest BCUT2D eigenvalue weighted by Gasteiger charge is 2.17. The highest BCUT2D eigenvalue weighted by atomic mass is 16.5. The quantitative estimate of drug-likeness (QED) is 0.945. The van der Waals surface area contributed by atoms with Gasteiger partial charge in [0.05, 0.1) is 13.2 Å². The first-order chi connectivity index (χ1) is 11.1. The Hall–Kier alpha value is -2.49. The van der Waals surface area contributed by atoms with Crippen LogP contribution < -0.4 is 14.8 Å². The largest absolute Gasteiger partial charge is 0.490 e. The maximum absolute atomic E-state index is 12.5. The fourth-order valence-corrected chi connectivity index (χ4v) is 2.54. The fraction of sp³-hybridized carbons (Fsp3) is 0.316. The van der Waals surface area contributed by atoms with Gasteiger partial charge in [0.25, 0.3) is 5.91 Å². The molecule has 1 amide bonds. The average Bonchev–Trinajstić information content (AvgIpc) is 2.78. The first-order valence-corrected chi connectivity index (χ1v) is 7.87. The highest BCUT2D eigenvalue weighted by Crippen LogP contribution is 2.32. The van der Waals surface area contributed by atoms with Crippen molar-refractivity contribution < 1.29 is 14.3 Å². The van der Waals surface area contributed by atoms with Gasteiger partial charge in [-0.25, -0.2) is 0 Å². The molecule has 0 bridgehead atoms. The molecule has 0 atom stereocenters.